The van der Waals surface area contributed by atoms with Gasteiger partial charge in [-0.25, -0.2) is 0 Å². The number of nitrogens with one attached hydrogen (secondary N) is 1. The van der Waals surface area contributed by atoms with Gasteiger partial charge in [0.1, 0.15) is 5.75 Å². The number of aromatic hydroxyl groups is 1. The summed E-state index contributed by atoms with van der Waals surface area (Å²) >= 11 is 1.99. The van der Waals surface area contributed by atoms with Gasteiger partial charge in [-0.2, -0.15) is 11.8 Å². The quantitative estimate of drug-likeness (QED) is 0.854. The van der Waals surface area contributed by atoms with Gasteiger partial charge in [0, 0.05) is 17.8 Å². The van der Waals surface area contributed by atoms with Crippen LogP contribution in [0.2, 0.25) is 0 Å². The van der Waals surface area contributed by atoms with Gasteiger partial charge in [-0.05, 0) is 55.2 Å². The fraction of sp³-hybridized carbons (Fsp3) is 0.600. The second-order valence-corrected chi connectivity index (χ2v) is 6.37. The van der Waals surface area contributed by atoms with E-state index in [4.69, 9.17) is 0 Å². The molecule has 18 heavy (non-hydrogen) atoms. The van der Waals surface area contributed by atoms with E-state index in [1.165, 1.54) is 35.5 Å². The molecular formula is C15H23NOS. The van der Waals surface area contributed by atoms with Crippen LogP contribution in [0.15, 0.2) is 18.2 Å². The average Bonchev–Trinajstić information content (AvgIpc) is 2.36. The van der Waals surface area contributed by atoms with Crippen LogP contribution in [0.25, 0.3) is 0 Å². The van der Waals surface area contributed by atoms with Crippen molar-refractivity contribution in [2.45, 2.75) is 45.2 Å². The number of phenols is 1. The fourth-order valence-corrected chi connectivity index (χ4v) is 3.35. The molecule has 0 aliphatic heterocycles. The van der Waals surface area contributed by atoms with E-state index in [-0.39, 0.29) is 0 Å². The summed E-state index contributed by atoms with van der Waals surface area (Å²) in [6, 6.07) is 6.82. The van der Waals surface area contributed by atoms with E-state index in [9.17, 15) is 5.11 Å². The van der Waals surface area contributed by atoms with Crippen LogP contribution in [0.5, 0.6) is 5.75 Å². The molecule has 2 N–H and O–H groups in total. The minimum absolute atomic E-state index is 0.393. The van der Waals surface area contributed by atoms with Crippen molar-refractivity contribution in [3.63, 3.8) is 0 Å². The Balaban J connectivity index is 2.03. The van der Waals surface area contributed by atoms with Crippen molar-refractivity contribution in [2.24, 2.45) is 0 Å². The molecule has 0 saturated carbocycles. The standard InChI is InChI=1S/C15H23NOS/c1-3-18-10-11(2)16-15-6-4-5-12-9-13(17)7-8-14(12)15/h7-9,11,15-17H,3-6,10H2,1-2H3. The Bertz CT molecular complexity index is 394. The number of hydrogen-bond acceptors (Lipinski definition) is 3. The van der Waals surface area contributed by atoms with Crippen molar-refractivity contribution >= 4 is 11.8 Å². The number of aryl methyl sites for hydroxylation is 1. The van der Waals surface area contributed by atoms with Crippen molar-refractivity contribution in [3.8, 4) is 5.75 Å². The molecule has 0 aromatic heterocycles. The van der Waals surface area contributed by atoms with E-state index in [1.54, 1.807) is 0 Å². The lowest BCUT2D eigenvalue weighted by Crippen LogP contribution is -2.34. The summed E-state index contributed by atoms with van der Waals surface area (Å²) in [5.41, 5.74) is 2.70. The Morgan fingerprint density at radius 2 is 2.33 bits per heavy atom. The molecule has 0 saturated heterocycles. The van der Waals surface area contributed by atoms with Crippen LogP contribution in [0.4, 0.5) is 0 Å². The molecule has 0 heterocycles. The van der Waals surface area contributed by atoms with E-state index in [2.05, 4.69) is 25.2 Å². The van der Waals surface area contributed by atoms with Gasteiger partial charge in [0.2, 0.25) is 0 Å². The first-order chi connectivity index (χ1) is 8.70. The molecule has 1 aromatic rings. The van der Waals surface area contributed by atoms with E-state index in [0.717, 1.165) is 6.42 Å². The van der Waals surface area contributed by atoms with Crippen LogP contribution in [-0.2, 0) is 6.42 Å². The Labute approximate surface area is 114 Å². The van der Waals surface area contributed by atoms with Gasteiger partial charge in [-0.15, -0.1) is 0 Å². The second-order valence-electron chi connectivity index (χ2n) is 5.06. The summed E-state index contributed by atoms with van der Waals surface area (Å²) in [7, 11) is 0. The molecule has 3 heteroatoms. The van der Waals surface area contributed by atoms with Crippen LogP contribution < -0.4 is 5.32 Å². The third kappa shape index (κ3) is 3.42. The number of rotatable bonds is 5. The normalized spacial score (nSPS) is 20.4. The highest BCUT2D eigenvalue weighted by Crippen LogP contribution is 2.32. The van der Waals surface area contributed by atoms with Crippen molar-refractivity contribution in [1.82, 2.24) is 5.32 Å². The maximum absolute atomic E-state index is 9.55. The van der Waals surface area contributed by atoms with Gasteiger partial charge in [-0.1, -0.05) is 13.0 Å². The topological polar surface area (TPSA) is 32.3 Å². The lowest BCUT2D eigenvalue weighted by Gasteiger charge is -2.29. The summed E-state index contributed by atoms with van der Waals surface area (Å²) < 4.78 is 0. The zero-order valence-electron chi connectivity index (χ0n) is 11.3. The van der Waals surface area contributed by atoms with Crippen LogP contribution in [0.3, 0.4) is 0 Å². The molecule has 0 radical (unpaired) electrons. The van der Waals surface area contributed by atoms with E-state index in [0.29, 0.717) is 17.8 Å². The summed E-state index contributed by atoms with van der Waals surface area (Å²) in [6.07, 6.45) is 3.51. The average molecular weight is 265 g/mol. The van der Waals surface area contributed by atoms with E-state index in [1.807, 2.05) is 23.9 Å². The third-order valence-corrected chi connectivity index (χ3v) is 4.64. The molecule has 2 rings (SSSR count). The number of hydrogen-bond donors (Lipinski definition) is 2. The molecule has 0 amide bonds. The maximum Gasteiger partial charge on any atom is 0.115 e. The lowest BCUT2D eigenvalue weighted by molar-refractivity contribution is 0.422. The van der Waals surface area contributed by atoms with Crippen molar-refractivity contribution in [1.29, 1.82) is 0 Å². The predicted molar refractivity (Wildman–Crippen MR) is 79.4 cm³/mol. The highest BCUT2D eigenvalue weighted by atomic mass is 32.2. The van der Waals surface area contributed by atoms with Gasteiger partial charge >= 0.3 is 0 Å². The molecule has 2 nitrogen and oxygen atoms in total. The SMILES string of the molecule is CCSCC(C)NC1CCCc2cc(O)ccc21. The van der Waals surface area contributed by atoms with Gasteiger partial charge in [-0.3, -0.25) is 0 Å². The van der Waals surface area contributed by atoms with Crippen molar-refractivity contribution in [3.05, 3.63) is 29.3 Å². The molecule has 0 fully saturated rings. The van der Waals surface area contributed by atoms with Gasteiger partial charge in [0.15, 0.2) is 0 Å². The molecular weight excluding hydrogens is 242 g/mol. The van der Waals surface area contributed by atoms with Crippen LogP contribution in [0.1, 0.15) is 43.9 Å². The molecule has 1 aromatic carbocycles. The highest BCUT2D eigenvalue weighted by Gasteiger charge is 2.21. The second kappa shape index (κ2) is 6.48. The summed E-state index contributed by atoms with van der Waals surface area (Å²) in [6.45, 7) is 4.47. The number of thioether (sulfide) groups is 1. The first-order valence-electron chi connectivity index (χ1n) is 6.86. The summed E-state index contributed by atoms with van der Waals surface area (Å²) in [5.74, 6) is 2.74. The molecule has 1 aliphatic rings. The minimum Gasteiger partial charge on any atom is -0.508 e. The van der Waals surface area contributed by atoms with Gasteiger partial charge in [0.05, 0.1) is 0 Å². The number of benzene rings is 1. The third-order valence-electron chi connectivity index (χ3n) is 3.50. The molecule has 2 unspecified atom stereocenters. The lowest BCUT2D eigenvalue weighted by atomic mass is 9.87. The van der Waals surface area contributed by atoms with Crippen molar-refractivity contribution in [2.75, 3.05) is 11.5 Å². The van der Waals surface area contributed by atoms with Crippen LogP contribution in [0, 0.1) is 0 Å². The smallest absolute Gasteiger partial charge is 0.115 e. The van der Waals surface area contributed by atoms with Crippen molar-refractivity contribution < 1.29 is 5.11 Å². The predicted octanol–water partition coefficient (Wildman–Crippen LogP) is 3.50. The van der Waals surface area contributed by atoms with Crippen LogP contribution in [-0.4, -0.2) is 22.7 Å². The molecule has 100 valence electrons. The van der Waals surface area contributed by atoms with Gasteiger partial charge in [0.25, 0.3) is 0 Å². The Morgan fingerprint density at radius 1 is 1.50 bits per heavy atom. The number of fused-ring (bicyclic) bond motifs is 1. The van der Waals surface area contributed by atoms with E-state index < -0.39 is 0 Å². The Morgan fingerprint density at radius 3 is 3.11 bits per heavy atom. The zero-order chi connectivity index (χ0) is 13.0. The monoisotopic (exact) mass is 265 g/mol. The molecule has 0 bridgehead atoms. The Hall–Kier alpha value is -0.670. The van der Waals surface area contributed by atoms with E-state index >= 15 is 0 Å². The molecule has 1 aliphatic carbocycles. The Kier molecular flexibility index (Phi) is 4.95. The maximum atomic E-state index is 9.55. The first kappa shape index (κ1) is 13.8. The fourth-order valence-electron chi connectivity index (χ4n) is 2.66. The number of phenolic OH excluding ortho intramolecular Hbond substituents is 1. The minimum atomic E-state index is 0.393. The first-order valence-corrected chi connectivity index (χ1v) is 8.01. The van der Waals surface area contributed by atoms with Gasteiger partial charge < -0.3 is 10.4 Å². The molecule has 0 spiro atoms. The summed E-state index contributed by atoms with van der Waals surface area (Å²) in [4.78, 5) is 0. The zero-order valence-corrected chi connectivity index (χ0v) is 12.1. The summed E-state index contributed by atoms with van der Waals surface area (Å²) in [5, 5.41) is 13.3. The highest BCUT2D eigenvalue weighted by molar-refractivity contribution is 7.99. The molecule has 2 atom stereocenters. The van der Waals surface area contributed by atoms with Crippen LogP contribution >= 0.6 is 11.8 Å². The largest absolute Gasteiger partial charge is 0.508 e.